The van der Waals surface area contributed by atoms with Crippen molar-refractivity contribution in [3.8, 4) is 0 Å². The molecule has 1 heterocycles. The molecular formula is C14H15NO4. The molecule has 1 unspecified atom stereocenters. The molecule has 0 radical (unpaired) electrons. The highest BCUT2D eigenvalue weighted by molar-refractivity contribution is 5.90. The maximum atomic E-state index is 11.4. The summed E-state index contributed by atoms with van der Waals surface area (Å²) in [7, 11) is 1.50. The van der Waals surface area contributed by atoms with Gasteiger partial charge in [-0.05, 0) is 18.6 Å². The van der Waals surface area contributed by atoms with Gasteiger partial charge in [-0.1, -0.05) is 24.3 Å². The molecule has 1 aliphatic heterocycles. The van der Waals surface area contributed by atoms with Crippen molar-refractivity contribution in [1.29, 1.82) is 0 Å². The van der Waals surface area contributed by atoms with Gasteiger partial charge in [0.05, 0.1) is 0 Å². The molecule has 19 heavy (non-hydrogen) atoms. The average Bonchev–Trinajstić information content (AvgIpc) is 2.70. The summed E-state index contributed by atoms with van der Waals surface area (Å²) < 4.78 is 5.24. The molecule has 0 saturated heterocycles. The highest BCUT2D eigenvalue weighted by atomic mass is 16.5. The molecule has 0 bridgehead atoms. The second-order valence-electron chi connectivity index (χ2n) is 4.51. The zero-order valence-corrected chi connectivity index (χ0v) is 10.8. The molecule has 1 aromatic rings. The third kappa shape index (κ3) is 2.76. The van der Waals surface area contributed by atoms with Crippen LogP contribution in [0.4, 0.5) is 4.79 Å². The van der Waals surface area contributed by atoms with Crippen LogP contribution < -0.4 is 0 Å². The first-order valence-corrected chi connectivity index (χ1v) is 5.90. The first kappa shape index (κ1) is 13.1. The van der Waals surface area contributed by atoms with Crippen LogP contribution >= 0.6 is 0 Å². The van der Waals surface area contributed by atoms with Gasteiger partial charge >= 0.3 is 12.1 Å². The Bertz CT molecular complexity index is 550. The van der Waals surface area contributed by atoms with Gasteiger partial charge in [0.25, 0.3) is 0 Å². The van der Waals surface area contributed by atoms with Crippen molar-refractivity contribution < 1.29 is 19.4 Å². The van der Waals surface area contributed by atoms with E-state index >= 15 is 0 Å². The Hall–Kier alpha value is -2.30. The van der Waals surface area contributed by atoms with E-state index < -0.39 is 12.2 Å². The number of esters is 1. The minimum atomic E-state index is -0.995. The van der Waals surface area contributed by atoms with E-state index in [4.69, 9.17) is 9.84 Å². The van der Waals surface area contributed by atoms with E-state index in [0.29, 0.717) is 5.57 Å². The van der Waals surface area contributed by atoms with Crippen LogP contribution in [-0.2, 0) is 16.1 Å². The summed E-state index contributed by atoms with van der Waals surface area (Å²) in [5, 5.41) is 8.91. The molecule has 1 amide bonds. The lowest BCUT2D eigenvalue weighted by Crippen LogP contribution is -2.24. The van der Waals surface area contributed by atoms with Crippen LogP contribution in [0.3, 0.4) is 0 Å². The van der Waals surface area contributed by atoms with Crippen LogP contribution in [0, 0.1) is 0 Å². The number of carboxylic acid groups (broad SMARTS) is 1. The van der Waals surface area contributed by atoms with E-state index in [0.717, 1.165) is 11.1 Å². The molecule has 1 N–H and O–H groups in total. The summed E-state index contributed by atoms with van der Waals surface area (Å²) in [6.45, 7) is 1.96. The molecule has 1 aromatic carbocycles. The molecule has 0 spiro atoms. The van der Waals surface area contributed by atoms with Gasteiger partial charge in [0.15, 0.2) is 0 Å². The molecule has 0 saturated carbocycles. The summed E-state index contributed by atoms with van der Waals surface area (Å²) in [4.78, 5) is 23.5. The summed E-state index contributed by atoms with van der Waals surface area (Å²) in [5.74, 6) is -0.327. The van der Waals surface area contributed by atoms with Crippen LogP contribution in [0.25, 0.3) is 0 Å². The Kier molecular flexibility index (Phi) is 3.55. The molecule has 5 nitrogen and oxygen atoms in total. The van der Waals surface area contributed by atoms with Crippen LogP contribution in [0.5, 0.6) is 0 Å². The molecule has 0 aliphatic carbocycles. The van der Waals surface area contributed by atoms with Gasteiger partial charge in [0.2, 0.25) is 0 Å². The zero-order valence-electron chi connectivity index (χ0n) is 10.8. The fourth-order valence-electron chi connectivity index (χ4n) is 1.97. The van der Waals surface area contributed by atoms with Crippen molar-refractivity contribution in [2.24, 2.45) is 0 Å². The van der Waals surface area contributed by atoms with Crippen LogP contribution in [0.2, 0.25) is 0 Å². The Labute approximate surface area is 111 Å². The SMILES string of the molecule is CC1=CC(c2ccccc2CN(C)C(=O)O)OC1=O. The van der Waals surface area contributed by atoms with Crippen molar-refractivity contribution in [3.05, 3.63) is 47.0 Å². The lowest BCUT2D eigenvalue weighted by atomic mass is 10.0. The maximum absolute atomic E-state index is 11.4. The maximum Gasteiger partial charge on any atom is 0.407 e. The fraction of sp³-hybridized carbons (Fsp3) is 0.286. The third-order valence-corrected chi connectivity index (χ3v) is 3.05. The smallest absolute Gasteiger partial charge is 0.407 e. The van der Waals surface area contributed by atoms with Crippen LogP contribution in [-0.4, -0.2) is 29.1 Å². The first-order chi connectivity index (χ1) is 8.99. The number of benzene rings is 1. The molecule has 1 atom stereocenters. The predicted molar refractivity (Wildman–Crippen MR) is 68.5 cm³/mol. The van der Waals surface area contributed by atoms with Gasteiger partial charge in [-0.3, -0.25) is 0 Å². The van der Waals surface area contributed by atoms with E-state index in [1.165, 1.54) is 11.9 Å². The van der Waals surface area contributed by atoms with E-state index in [1.54, 1.807) is 13.0 Å². The number of carbonyl (C=O) groups is 2. The Morgan fingerprint density at radius 2 is 2.11 bits per heavy atom. The van der Waals surface area contributed by atoms with E-state index in [-0.39, 0.29) is 12.5 Å². The Balaban J connectivity index is 2.27. The van der Waals surface area contributed by atoms with Gasteiger partial charge in [0, 0.05) is 24.7 Å². The second kappa shape index (κ2) is 5.14. The van der Waals surface area contributed by atoms with E-state index in [2.05, 4.69) is 0 Å². The lowest BCUT2D eigenvalue weighted by molar-refractivity contribution is -0.139. The van der Waals surface area contributed by atoms with Gasteiger partial charge in [-0.2, -0.15) is 0 Å². The summed E-state index contributed by atoms with van der Waals surface area (Å²) in [6.07, 6.45) is 0.331. The van der Waals surface area contributed by atoms with Crippen LogP contribution in [0.15, 0.2) is 35.9 Å². The number of amides is 1. The normalized spacial score (nSPS) is 17.9. The van der Waals surface area contributed by atoms with Crippen molar-refractivity contribution in [1.82, 2.24) is 4.90 Å². The third-order valence-electron chi connectivity index (χ3n) is 3.05. The van der Waals surface area contributed by atoms with Gasteiger partial charge in [-0.15, -0.1) is 0 Å². The minimum Gasteiger partial charge on any atom is -0.465 e. The number of rotatable bonds is 3. The standard InChI is InChI=1S/C14H15NO4/c1-9-7-12(19-13(9)16)11-6-4-3-5-10(11)8-15(2)14(17)18/h3-7,12H,8H2,1-2H3,(H,17,18). The van der Waals surface area contributed by atoms with Crippen molar-refractivity contribution in [2.75, 3.05) is 7.05 Å². The quantitative estimate of drug-likeness (QED) is 0.848. The Morgan fingerprint density at radius 1 is 1.42 bits per heavy atom. The summed E-state index contributed by atoms with van der Waals surface area (Å²) >= 11 is 0. The molecule has 0 aromatic heterocycles. The minimum absolute atomic E-state index is 0.256. The van der Waals surface area contributed by atoms with Crippen molar-refractivity contribution >= 4 is 12.1 Å². The zero-order chi connectivity index (χ0) is 14.0. The Morgan fingerprint density at radius 3 is 2.68 bits per heavy atom. The van der Waals surface area contributed by atoms with Crippen molar-refractivity contribution in [3.63, 3.8) is 0 Å². The number of cyclic esters (lactones) is 1. The highest BCUT2D eigenvalue weighted by Gasteiger charge is 2.25. The second-order valence-corrected chi connectivity index (χ2v) is 4.51. The lowest BCUT2D eigenvalue weighted by Gasteiger charge is -2.18. The topological polar surface area (TPSA) is 66.8 Å². The number of ether oxygens (including phenoxy) is 1. The number of hydrogen-bond acceptors (Lipinski definition) is 3. The molecule has 1 aliphatic rings. The van der Waals surface area contributed by atoms with E-state index in [9.17, 15) is 9.59 Å². The molecular weight excluding hydrogens is 246 g/mol. The van der Waals surface area contributed by atoms with Gasteiger partial charge in [-0.25, -0.2) is 9.59 Å². The van der Waals surface area contributed by atoms with Gasteiger partial charge in [0.1, 0.15) is 6.10 Å². The number of carbonyl (C=O) groups excluding carboxylic acids is 1. The first-order valence-electron chi connectivity index (χ1n) is 5.90. The van der Waals surface area contributed by atoms with Gasteiger partial charge < -0.3 is 14.7 Å². The molecule has 5 heteroatoms. The monoisotopic (exact) mass is 261 g/mol. The van der Waals surface area contributed by atoms with Crippen molar-refractivity contribution in [2.45, 2.75) is 19.6 Å². The summed E-state index contributed by atoms with van der Waals surface area (Å²) in [5.41, 5.74) is 2.23. The summed E-state index contributed by atoms with van der Waals surface area (Å²) in [6, 6.07) is 7.36. The number of hydrogen-bond donors (Lipinski definition) is 1. The fourth-order valence-corrected chi connectivity index (χ4v) is 1.97. The average molecular weight is 261 g/mol. The highest BCUT2D eigenvalue weighted by Crippen LogP contribution is 2.30. The van der Waals surface area contributed by atoms with E-state index in [1.807, 2.05) is 24.3 Å². The predicted octanol–water partition coefficient (Wildman–Crippen LogP) is 2.34. The number of nitrogens with zero attached hydrogens (tertiary/aromatic N) is 1. The van der Waals surface area contributed by atoms with Crippen LogP contribution in [0.1, 0.15) is 24.2 Å². The molecule has 0 fully saturated rings. The largest absolute Gasteiger partial charge is 0.465 e. The molecule has 2 rings (SSSR count). The molecule has 100 valence electrons.